The Balaban J connectivity index is 2.51. The number of furan rings is 1. The Labute approximate surface area is 75.8 Å². The van der Waals surface area contributed by atoms with Crippen LogP contribution in [0.5, 0.6) is 0 Å². The van der Waals surface area contributed by atoms with Gasteiger partial charge in [-0.1, -0.05) is 0 Å². The van der Waals surface area contributed by atoms with Crippen LogP contribution in [0.15, 0.2) is 16.5 Å². The number of aryl methyl sites for hydroxylation is 2. The minimum absolute atomic E-state index is 0.418. The summed E-state index contributed by atoms with van der Waals surface area (Å²) in [5, 5.41) is 0. The lowest BCUT2D eigenvalue weighted by molar-refractivity contribution is 0.546. The zero-order chi connectivity index (χ0) is 9.42. The van der Waals surface area contributed by atoms with Crippen molar-refractivity contribution < 1.29 is 4.42 Å². The molecule has 0 unspecified atom stereocenters. The number of aromatic nitrogens is 2. The van der Waals surface area contributed by atoms with E-state index in [1.165, 1.54) is 0 Å². The van der Waals surface area contributed by atoms with Gasteiger partial charge in [0.15, 0.2) is 11.7 Å². The highest BCUT2D eigenvalue weighted by Crippen LogP contribution is 2.23. The van der Waals surface area contributed by atoms with Crippen LogP contribution >= 0.6 is 0 Å². The summed E-state index contributed by atoms with van der Waals surface area (Å²) in [7, 11) is 0. The standard InChI is InChI=1S/C9H11N3O/c1-5-3-4-7(13-5)8-6(2)11-9(10)12-8/h3-4H,1-2H3,(H3,10,11,12). The summed E-state index contributed by atoms with van der Waals surface area (Å²) in [6.45, 7) is 3.81. The van der Waals surface area contributed by atoms with Crippen molar-refractivity contribution >= 4 is 5.95 Å². The van der Waals surface area contributed by atoms with Crippen molar-refractivity contribution in [3.05, 3.63) is 23.6 Å². The predicted molar refractivity (Wildman–Crippen MR) is 50.2 cm³/mol. The molecule has 0 amide bonds. The van der Waals surface area contributed by atoms with E-state index in [0.29, 0.717) is 5.95 Å². The van der Waals surface area contributed by atoms with E-state index in [0.717, 1.165) is 22.9 Å². The third kappa shape index (κ3) is 1.30. The van der Waals surface area contributed by atoms with Crippen molar-refractivity contribution in [2.75, 3.05) is 5.73 Å². The molecule has 0 bridgehead atoms. The first-order valence-corrected chi connectivity index (χ1v) is 4.05. The molecule has 2 aromatic rings. The molecule has 0 fully saturated rings. The molecule has 2 heterocycles. The molecule has 2 aromatic heterocycles. The largest absolute Gasteiger partial charge is 0.460 e. The van der Waals surface area contributed by atoms with Gasteiger partial charge in [-0.2, -0.15) is 0 Å². The molecule has 3 N–H and O–H groups in total. The summed E-state index contributed by atoms with van der Waals surface area (Å²) in [6.07, 6.45) is 0. The molecule has 13 heavy (non-hydrogen) atoms. The third-order valence-electron chi connectivity index (χ3n) is 1.88. The molecule has 0 spiro atoms. The van der Waals surface area contributed by atoms with E-state index in [-0.39, 0.29) is 0 Å². The Morgan fingerprint density at radius 1 is 1.38 bits per heavy atom. The molecule has 0 atom stereocenters. The number of hydrogen-bond donors (Lipinski definition) is 2. The quantitative estimate of drug-likeness (QED) is 0.698. The maximum absolute atomic E-state index is 5.52. The molecule has 4 nitrogen and oxygen atoms in total. The summed E-state index contributed by atoms with van der Waals surface area (Å²) >= 11 is 0. The second kappa shape index (κ2) is 2.65. The number of aromatic amines is 1. The van der Waals surface area contributed by atoms with Gasteiger partial charge in [0.05, 0.1) is 0 Å². The minimum Gasteiger partial charge on any atom is -0.460 e. The zero-order valence-corrected chi connectivity index (χ0v) is 7.59. The SMILES string of the molecule is Cc1ccc(-c2nc(N)[nH]c2C)o1. The Morgan fingerprint density at radius 3 is 2.62 bits per heavy atom. The van der Waals surface area contributed by atoms with E-state index in [1.54, 1.807) is 0 Å². The van der Waals surface area contributed by atoms with Gasteiger partial charge in [-0.15, -0.1) is 0 Å². The Morgan fingerprint density at radius 2 is 2.15 bits per heavy atom. The van der Waals surface area contributed by atoms with Gasteiger partial charge in [-0.3, -0.25) is 0 Å². The first kappa shape index (κ1) is 7.91. The van der Waals surface area contributed by atoms with Crippen molar-refractivity contribution in [2.24, 2.45) is 0 Å². The van der Waals surface area contributed by atoms with Gasteiger partial charge in [0.1, 0.15) is 11.5 Å². The first-order valence-electron chi connectivity index (χ1n) is 4.05. The molecular weight excluding hydrogens is 166 g/mol. The van der Waals surface area contributed by atoms with Gasteiger partial charge in [0, 0.05) is 5.69 Å². The lowest BCUT2D eigenvalue weighted by Crippen LogP contribution is -1.85. The molecule has 0 aliphatic heterocycles. The van der Waals surface area contributed by atoms with Crippen LogP contribution in [0.25, 0.3) is 11.5 Å². The number of nitrogens with zero attached hydrogens (tertiary/aromatic N) is 1. The number of nitrogen functional groups attached to an aromatic ring is 1. The fraction of sp³-hybridized carbons (Fsp3) is 0.222. The monoisotopic (exact) mass is 177 g/mol. The van der Waals surface area contributed by atoms with Gasteiger partial charge in [-0.25, -0.2) is 4.98 Å². The summed E-state index contributed by atoms with van der Waals surface area (Å²) in [5.41, 5.74) is 7.22. The summed E-state index contributed by atoms with van der Waals surface area (Å²) in [6, 6.07) is 3.79. The number of nitrogens with one attached hydrogen (secondary N) is 1. The minimum atomic E-state index is 0.418. The molecule has 0 radical (unpaired) electrons. The second-order valence-corrected chi connectivity index (χ2v) is 3.01. The van der Waals surface area contributed by atoms with Crippen LogP contribution in [-0.4, -0.2) is 9.97 Å². The number of hydrogen-bond acceptors (Lipinski definition) is 3. The summed E-state index contributed by atoms with van der Waals surface area (Å²) < 4.78 is 5.43. The normalized spacial score (nSPS) is 10.6. The number of rotatable bonds is 1. The number of imidazole rings is 1. The molecule has 0 aromatic carbocycles. The molecule has 0 saturated carbocycles. The van der Waals surface area contributed by atoms with Crippen LogP contribution in [0.2, 0.25) is 0 Å². The van der Waals surface area contributed by atoms with E-state index in [1.807, 2.05) is 26.0 Å². The predicted octanol–water partition coefficient (Wildman–Crippen LogP) is 1.87. The van der Waals surface area contributed by atoms with Crippen molar-refractivity contribution in [3.8, 4) is 11.5 Å². The Hall–Kier alpha value is -1.71. The van der Waals surface area contributed by atoms with Gasteiger partial charge in [0.2, 0.25) is 0 Å². The highest BCUT2D eigenvalue weighted by atomic mass is 16.3. The van der Waals surface area contributed by atoms with Crippen LogP contribution < -0.4 is 5.73 Å². The lowest BCUT2D eigenvalue weighted by atomic mass is 10.3. The smallest absolute Gasteiger partial charge is 0.198 e. The van der Waals surface area contributed by atoms with Crippen molar-refractivity contribution in [1.82, 2.24) is 9.97 Å². The van der Waals surface area contributed by atoms with Crippen LogP contribution in [-0.2, 0) is 0 Å². The van der Waals surface area contributed by atoms with E-state index in [9.17, 15) is 0 Å². The van der Waals surface area contributed by atoms with Gasteiger partial charge in [0.25, 0.3) is 0 Å². The summed E-state index contributed by atoms with van der Waals surface area (Å²) in [4.78, 5) is 7.04. The molecule has 4 heteroatoms. The number of anilines is 1. The number of nitrogens with two attached hydrogens (primary N) is 1. The zero-order valence-electron chi connectivity index (χ0n) is 7.59. The lowest BCUT2D eigenvalue weighted by Gasteiger charge is -1.90. The van der Waals surface area contributed by atoms with Crippen LogP contribution in [0.4, 0.5) is 5.95 Å². The van der Waals surface area contributed by atoms with E-state index >= 15 is 0 Å². The maximum Gasteiger partial charge on any atom is 0.198 e. The average Bonchev–Trinajstić information content (AvgIpc) is 2.58. The average molecular weight is 177 g/mol. The molecule has 0 aliphatic rings. The molecule has 0 aliphatic carbocycles. The van der Waals surface area contributed by atoms with Crippen molar-refractivity contribution in [3.63, 3.8) is 0 Å². The van der Waals surface area contributed by atoms with Crippen molar-refractivity contribution in [1.29, 1.82) is 0 Å². The highest BCUT2D eigenvalue weighted by molar-refractivity contribution is 5.57. The van der Waals surface area contributed by atoms with E-state index in [2.05, 4.69) is 9.97 Å². The topological polar surface area (TPSA) is 67.8 Å². The van der Waals surface area contributed by atoms with E-state index in [4.69, 9.17) is 10.2 Å². The highest BCUT2D eigenvalue weighted by Gasteiger charge is 2.09. The Bertz CT molecular complexity index is 428. The van der Waals surface area contributed by atoms with Gasteiger partial charge >= 0.3 is 0 Å². The van der Waals surface area contributed by atoms with Gasteiger partial charge in [-0.05, 0) is 26.0 Å². The fourth-order valence-electron chi connectivity index (χ4n) is 1.29. The molecule has 68 valence electrons. The van der Waals surface area contributed by atoms with Gasteiger partial charge < -0.3 is 15.1 Å². The van der Waals surface area contributed by atoms with Crippen LogP contribution in [0, 0.1) is 13.8 Å². The molecular formula is C9H11N3O. The fourth-order valence-corrected chi connectivity index (χ4v) is 1.29. The summed E-state index contributed by atoms with van der Waals surface area (Å²) in [5.74, 6) is 2.04. The maximum atomic E-state index is 5.52. The number of H-pyrrole nitrogens is 1. The second-order valence-electron chi connectivity index (χ2n) is 3.01. The molecule has 0 saturated heterocycles. The molecule has 2 rings (SSSR count). The van der Waals surface area contributed by atoms with Crippen LogP contribution in [0.3, 0.4) is 0 Å². The third-order valence-corrected chi connectivity index (χ3v) is 1.88. The van der Waals surface area contributed by atoms with Crippen LogP contribution in [0.1, 0.15) is 11.5 Å². The Kier molecular flexibility index (Phi) is 1.62. The van der Waals surface area contributed by atoms with Crippen molar-refractivity contribution in [2.45, 2.75) is 13.8 Å². The first-order chi connectivity index (χ1) is 6.16. The van der Waals surface area contributed by atoms with E-state index < -0.39 is 0 Å².